The molecule has 0 saturated heterocycles. The highest BCUT2D eigenvalue weighted by atomic mass is 19.1. The average molecular weight is 358 g/mol. The van der Waals surface area contributed by atoms with Gasteiger partial charge in [-0.2, -0.15) is 5.10 Å². The van der Waals surface area contributed by atoms with Crippen LogP contribution in [0.4, 0.5) is 10.1 Å². The molecular weight excluding hydrogens is 339 g/mol. The van der Waals surface area contributed by atoms with E-state index in [0.29, 0.717) is 6.54 Å². The Bertz CT molecular complexity index is 1080. The topological polar surface area (TPSA) is 53.6 Å². The largest absolute Gasteiger partial charge is 0.381 e. The Morgan fingerprint density at radius 1 is 1.07 bits per heavy atom. The van der Waals surface area contributed by atoms with Crippen LogP contribution in [0.15, 0.2) is 60.8 Å². The van der Waals surface area contributed by atoms with Gasteiger partial charge in [0.1, 0.15) is 5.82 Å². The highest BCUT2D eigenvalue weighted by Gasteiger charge is 2.05. The highest BCUT2D eigenvalue weighted by Crippen LogP contribution is 2.23. The van der Waals surface area contributed by atoms with Crippen LogP contribution in [0.3, 0.4) is 0 Å². The van der Waals surface area contributed by atoms with Crippen LogP contribution in [0.2, 0.25) is 0 Å². The van der Waals surface area contributed by atoms with Crippen molar-refractivity contribution in [1.82, 2.24) is 15.2 Å². The summed E-state index contributed by atoms with van der Waals surface area (Å²) < 4.78 is 13.5. The van der Waals surface area contributed by atoms with E-state index in [9.17, 15) is 4.39 Å². The number of pyridine rings is 1. The number of fused-ring (bicyclic) bond motifs is 1. The lowest BCUT2D eigenvalue weighted by atomic mass is 10.1. The molecule has 0 radical (unpaired) electrons. The maximum atomic E-state index is 13.5. The number of halogens is 1. The number of hydrogen-bond donors (Lipinski definition) is 2. The quantitative estimate of drug-likeness (QED) is 0.516. The molecule has 2 aromatic carbocycles. The highest BCUT2D eigenvalue weighted by molar-refractivity contribution is 5.91. The molecule has 0 aliphatic rings. The van der Waals surface area contributed by atoms with Crippen molar-refractivity contribution in [2.75, 3.05) is 5.32 Å². The molecule has 2 heterocycles. The summed E-state index contributed by atoms with van der Waals surface area (Å²) >= 11 is 0. The monoisotopic (exact) mass is 358 g/mol. The molecule has 0 spiro atoms. The molecule has 5 heteroatoms. The van der Waals surface area contributed by atoms with Crippen LogP contribution in [0, 0.1) is 12.7 Å². The Balaban J connectivity index is 1.55. The molecule has 0 aliphatic heterocycles. The van der Waals surface area contributed by atoms with Crippen LogP contribution in [-0.4, -0.2) is 15.2 Å². The molecule has 0 aliphatic carbocycles. The number of benzene rings is 2. The summed E-state index contributed by atoms with van der Waals surface area (Å²) in [7, 11) is 0. The smallest absolute Gasteiger partial charge is 0.123 e. The number of hydrogen-bond acceptors (Lipinski definition) is 3. The lowest BCUT2D eigenvalue weighted by molar-refractivity contribution is 0.624. The summed E-state index contributed by atoms with van der Waals surface area (Å²) in [6.45, 7) is 2.45. The van der Waals surface area contributed by atoms with Crippen LogP contribution in [-0.2, 0) is 6.54 Å². The Labute approximate surface area is 156 Å². The van der Waals surface area contributed by atoms with Crippen molar-refractivity contribution in [3.05, 3.63) is 89.1 Å². The molecule has 134 valence electrons. The third-order valence-corrected chi connectivity index (χ3v) is 4.29. The molecule has 2 N–H and O–H groups in total. The first-order chi connectivity index (χ1) is 13.2. The number of rotatable bonds is 5. The summed E-state index contributed by atoms with van der Waals surface area (Å²) in [5.74, 6) is -0.209. The molecule has 4 rings (SSSR count). The summed E-state index contributed by atoms with van der Waals surface area (Å²) in [6.07, 6.45) is 5.64. The van der Waals surface area contributed by atoms with Gasteiger partial charge in [-0.15, -0.1) is 0 Å². The number of nitrogens with one attached hydrogen (secondary N) is 2. The van der Waals surface area contributed by atoms with Gasteiger partial charge in [0.2, 0.25) is 0 Å². The zero-order valence-electron chi connectivity index (χ0n) is 14.9. The normalized spacial score (nSPS) is 11.3. The Morgan fingerprint density at radius 2 is 2.00 bits per heavy atom. The van der Waals surface area contributed by atoms with E-state index in [1.54, 1.807) is 12.3 Å². The second-order valence-electron chi connectivity index (χ2n) is 6.45. The zero-order chi connectivity index (χ0) is 18.6. The van der Waals surface area contributed by atoms with Crippen molar-refractivity contribution in [2.24, 2.45) is 0 Å². The van der Waals surface area contributed by atoms with Crippen LogP contribution in [0.5, 0.6) is 0 Å². The number of aryl methyl sites for hydroxylation is 1. The zero-order valence-corrected chi connectivity index (χ0v) is 14.9. The first-order valence-electron chi connectivity index (χ1n) is 8.74. The third-order valence-electron chi connectivity index (χ3n) is 4.29. The second-order valence-corrected chi connectivity index (χ2v) is 6.45. The lowest BCUT2D eigenvalue weighted by Gasteiger charge is -2.08. The van der Waals surface area contributed by atoms with Gasteiger partial charge in [0, 0.05) is 23.8 Å². The number of aromatic nitrogens is 3. The first-order valence-corrected chi connectivity index (χ1v) is 8.74. The van der Waals surface area contributed by atoms with Crippen molar-refractivity contribution in [3.8, 4) is 0 Å². The minimum atomic E-state index is -0.209. The van der Waals surface area contributed by atoms with E-state index < -0.39 is 0 Å². The van der Waals surface area contributed by atoms with E-state index in [1.165, 1.54) is 6.07 Å². The maximum Gasteiger partial charge on any atom is 0.123 e. The average Bonchev–Trinajstić information content (AvgIpc) is 3.07. The summed E-state index contributed by atoms with van der Waals surface area (Å²) in [4.78, 5) is 4.29. The van der Waals surface area contributed by atoms with Gasteiger partial charge in [-0.1, -0.05) is 12.1 Å². The standard InChI is InChI=1S/C22H19FN4/c1-15-10-16(12-17(23)11-15)14-25-19-6-8-22-20(13-19)21(26-27-22)7-5-18-4-2-3-9-24-18/h2-13,25H,14H2,1H3,(H,26,27)/b7-5+. The summed E-state index contributed by atoms with van der Waals surface area (Å²) in [5.41, 5.74) is 5.47. The SMILES string of the molecule is Cc1cc(F)cc(CNc2ccc3[nH]nc(/C=C/c4ccccn4)c3c2)c1. The van der Waals surface area contributed by atoms with E-state index in [-0.39, 0.29) is 5.82 Å². The fourth-order valence-electron chi connectivity index (χ4n) is 3.03. The van der Waals surface area contributed by atoms with Gasteiger partial charge in [0.25, 0.3) is 0 Å². The van der Waals surface area contributed by atoms with Crippen molar-refractivity contribution in [2.45, 2.75) is 13.5 Å². The van der Waals surface area contributed by atoms with Gasteiger partial charge >= 0.3 is 0 Å². The minimum Gasteiger partial charge on any atom is -0.381 e. The van der Waals surface area contributed by atoms with Crippen molar-refractivity contribution in [1.29, 1.82) is 0 Å². The van der Waals surface area contributed by atoms with Gasteiger partial charge in [-0.3, -0.25) is 10.1 Å². The van der Waals surface area contributed by atoms with Crippen LogP contribution in [0.25, 0.3) is 23.1 Å². The third kappa shape index (κ3) is 4.03. The Morgan fingerprint density at radius 3 is 2.81 bits per heavy atom. The van der Waals surface area contributed by atoms with Crippen molar-refractivity contribution in [3.63, 3.8) is 0 Å². The van der Waals surface area contributed by atoms with E-state index in [0.717, 1.165) is 39.1 Å². The van der Waals surface area contributed by atoms with Gasteiger partial charge in [-0.25, -0.2) is 4.39 Å². The van der Waals surface area contributed by atoms with Gasteiger partial charge in [0.15, 0.2) is 0 Å². The molecule has 4 nitrogen and oxygen atoms in total. The van der Waals surface area contributed by atoms with Gasteiger partial charge in [0.05, 0.1) is 16.9 Å². The fourth-order valence-corrected chi connectivity index (χ4v) is 3.03. The number of H-pyrrole nitrogens is 1. The number of nitrogens with zero attached hydrogens (tertiary/aromatic N) is 2. The first kappa shape index (κ1) is 17.0. The molecule has 0 saturated carbocycles. The molecule has 0 bridgehead atoms. The molecular formula is C22H19FN4. The molecule has 4 aromatic rings. The second kappa shape index (κ2) is 7.41. The van der Waals surface area contributed by atoms with Crippen molar-refractivity contribution < 1.29 is 4.39 Å². The van der Waals surface area contributed by atoms with E-state index >= 15 is 0 Å². The predicted molar refractivity (Wildman–Crippen MR) is 108 cm³/mol. The van der Waals surface area contributed by atoms with Crippen LogP contribution in [0.1, 0.15) is 22.5 Å². The molecule has 0 atom stereocenters. The molecule has 0 fully saturated rings. The van der Waals surface area contributed by atoms with E-state index in [4.69, 9.17) is 0 Å². The summed E-state index contributed by atoms with van der Waals surface area (Å²) in [6, 6.07) is 16.9. The van der Waals surface area contributed by atoms with Crippen molar-refractivity contribution >= 4 is 28.7 Å². The molecule has 27 heavy (non-hydrogen) atoms. The Hall–Kier alpha value is -3.47. The van der Waals surface area contributed by atoms with E-state index in [2.05, 4.69) is 20.5 Å². The van der Waals surface area contributed by atoms with Crippen LogP contribution >= 0.6 is 0 Å². The number of anilines is 1. The molecule has 0 amide bonds. The van der Waals surface area contributed by atoms with Gasteiger partial charge < -0.3 is 5.32 Å². The predicted octanol–water partition coefficient (Wildman–Crippen LogP) is 5.19. The minimum absolute atomic E-state index is 0.209. The van der Waals surface area contributed by atoms with E-state index in [1.807, 2.05) is 61.5 Å². The molecule has 0 unspecified atom stereocenters. The fraction of sp³-hybridized carbons (Fsp3) is 0.0909. The summed E-state index contributed by atoms with van der Waals surface area (Å²) in [5, 5.41) is 11.8. The maximum absolute atomic E-state index is 13.5. The Kier molecular flexibility index (Phi) is 4.66. The lowest BCUT2D eigenvalue weighted by Crippen LogP contribution is -2.00. The number of aromatic amines is 1. The van der Waals surface area contributed by atoms with Crippen LogP contribution < -0.4 is 5.32 Å². The molecule has 2 aromatic heterocycles. The van der Waals surface area contributed by atoms with Gasteiger partial charge in [-0.05, 0) is 72.7 Å².